The van der Waals surface area contributed by atoms with Crippen molar-refractivity contribution in [3.63, 3.8) is 0 Å². The van der Waals surface area contributed by atoms with E-state index in [9.17, 15) is 15.2 Å². The Hall–Kier alpha value is -1.42. The molecular weight excluding hydrogens is 194 g/mol. The minimum Gasteiger partial charge on any atom is -0.388 e. The smallest absolute Gasteiger partial charge is 0.269 e. The molecule has 4 nitrogen and oxygen atoms in total. The van der Waals surface area contributed by atoms with Crippen LogP contribution in [-0.4, -0.2) is 10.0 Å². The summed E-state index contributed by atoms with van der Waals surface area (Å²) in [6.45, 7) is 4.00. The lowest BCUT2D eigenvalue weighted by Crippen LogP contribution is -1.93. The molecule has 1 aromatic rings. The maximum absolute atomic E-state index is 10.4. The molecule has 0 spiro atoms. The topological polar surface area (TPSA) is 63.4 Å². The van der Waals surface area contributed by atoms with Crippen LogP contribution < -0.4 is 0 Å². The van der Waals surface area contributed by atoms with Crippen LogP contribution in [0.1, 0.15) is 37.5 Å². The summed E-state index contributed by atoms with van der Waals surface area (Å²) in [5, 5.41) is 19.9. The van der Waals surface area contributed by atoms with Crippen molar-refractivity contribution in [2.45, 2.75) is 32.8 Å². The van der Waals surface area contributed by atoms with E-state index in [-0.39, 0.29) is 5.69 Å². The van der Waals surface area contributed by atoms with Gasteiger partial charge in [0, 0.05) is 12.1 Å². The molecule has 0 radical (unpaired) electrons. The summed E-state index contributed by atoms with van der Waals surface area (Å²) in [5.41, 5.74) is 1.80. The van der Waals surface area contributed by atoms with Crippen molar-refractivity contribution in [3.05, 3.63) is 39.4 Å². The zero-order chi connectivity index (χ0) is 11.4. The average Bonchev–Trinajstić information content (AvgIpc) is 2.63. The fraction of sp³-hybridized carbons (Fsp3) is 0.455. The zero-order valence-electron chi connectivity index (χ0n) is 8.93. The zero-order valence-corrected chi connectivity index (χ0v) is 8.93. The molecule has 2 rings (SSSR count). The van der Waals surface area contributed by atoms with Crippen LogP contribution in [0.25, 0.3) is 0 Å². The van der Waals surface area contributed by atoms with Crippen molar-refractivity contribution in [3.8, 4) is 0 Å². The number of benzene rings is 1. The molecule has 1 aliphatic rings. The van der Waals surface area contributed by atoms with Crippen molar-refractivity contribution < 1.29 is 10.0 Å². The monoisotopic (exact) mass is 209 g/mol. The molecule has 0 saturated carbocycles. The summed E-state index contributed by atoms with van der Waals surface area (Å²) in [7, 11) is 0. The Morgan fingerprint density at radius 1 is 1.47 bits per heavy atom. The van der Waals surface area contributed by atoms with Crippen LogP contribution in [-0.2, 0) is 6.42 Å². The minimum atomic E-state index is -0.519. The molecule has 15 heavy (non-hydrogen) atoms. The van der Waals surface area contributed by atoms with Gasteiger partial charge in [0.15, 0.2) is 0 Å². The van der Waals surface area contributed by atoms with E-state index in [1.807, 2.05) is 13.8 Å². The lowest BCUT2D eigenvalue weighted by Gasteiger charge is -2.02. The molecule has 1 N–H and O–H groups in total. The van der Waals surface area contributed by atoms with Crippen LogP contribution in [0, 0.1) is 10.1 Å². The highest BCUT2D eigenvalue weighted by Crippen LogP contribution is 2.33. The lowest BCUT2D eigenvalue weighted by molar-refractivity contribution is -0.385. The number of nitro groups is 1. The standard InChI is InChI=1S/C9H9NO3.C2H6/c11-9-4-2-6-1-3-7(10(12)13)5-8(6)9;1-2/h1,3,5,9,11H,2,4H2;1-2H3. The molecule has 0 aromatic heterocycles. The third-order valence-electron chi connectivity index (χ3n) is 2.39. The van der Waals surface area contributed by atoms with E-state index in [2.05, 4.69) is 0 Å². The first kappa shape index (κ1) is 11.7. The number of non-ortho nitro benzene ring substituents is 1. The predicted molar refractivity (Wildman–Crippen MR) is 57.7 cm³/mol. The van der Waals surface area contributed by atoms with E-state index < -0.39 is 11.0 Å². The Bertz CT molecular complexity index is 363. The summed E-state index contributed by atoms with van der Waals surface area (Å²) in [5.74, 6) is 0. The number of aryl methyl sites for hydroxylation is 1. The molecule has 0 heterocycles. The van der Waals surface area contributed by atoms with Crippen molar-refractivity contribution in [1.82, 2.24) is 0 Å². The number of fused-ring (bicyclic) bond motifs is 1. The van der Waals surface area contributed by atoms with Crippen molar-refractivity contribution >= 4 is 5.69 Å². The SMILES string of the molecule is CC.O=[N+]([O-])c1ccc2c(c1)C(O)CC2. The first-order chi connectivity index (χ1) is 7.18. The molecule has 0 saturated heterocycles. The molecular formula is C11H15NO3. The summed E-state index contributed by atoms with van der Waals surface area (Å²) in [6, 6.07) is 4.67. The fourth-order valence-electron chi connectivity index (χ4n) is 1.68. The van der Waals surface area contributed by atoms with Gasteiger partial charge in [0.2, 0.25) is 0 Å². The van der Waals surface area contributed by atoms with Gasteiger partial charge in [-0.15, -0.1) is 0 Å². The highest BCUT2D eigenvalue weighted by atomic mass is 16.6. The summed E-state index contributed by atoms with van der Waals surface area (Å²) in [4.78, 5) is 9.99. The summed E-state index contributed by atoms with van der Waals surface area (Å²) >= 11 is 0. The Labute approximate surface area is 88.7 Å². The highest BCUT2D eigenvalue weighted by molar-refractivity contribution is 5.43. The number of hydrogen-bond donors (Lipinski definition) is 1. The van der Waals surface area contributed by atoms with Crippen LogP contribution in [0.4, 0.5) is 5.69 Å². The quantitative estimate of drug-likeness (QED) is 0.571. The highest BCUT2D eigenvalue weighted by Gasteiger charge is 2.22. The van der Waals surface area contributed by atoms with Gasteiger partial charge in [0.1, 0.15) is 0 Å². The van der Waals surface area contributed by atoms with Crippen LogP contribution in [0.2, 0.25) is 0 Å². The second-order valence-electron chi connectivity index (χ2n) is 3.19. The first-order valence-electron chi connectivity index (χ1n) is 5.14. The van der Waals surface area contributed by atoms with Gasteiger partial charge in [-0.05, 0) is 24.0 Å². The van der Waals surface area contributed by atoms with Gasteiger partial charge in [-0.25, -0.2) is 0 Å². The van der Waals surface area contributed by atoms with Gasteiger partial charge in [0.05, 0.1) is 11.0 Å². The summed E-state index contributed by atoms with van der Waals surface area (Å²) < 4.78 is 0. The third-order valence-corrected chi connectivity index (χ3v) is 2.39. The van der Waals surface area contributed by atoms with Gasteiger partial charge in [-0.3, -0.25) is 10.1 Å². The van der Waals surface area contributed by atoms with E-state index in [0.717, 1.165) is 12.0 Å². The van der Waals surface area contributed by atoms with Crippen LogP contribution in [0.3, 0.4) is 0 Å². The largest absolute Gasteiger partial charge is 0.388 e. The number of aliphatic hydroxyl groups excluding tert-OH is 1. The molecule has 82 valence electrons. The van der Waals surface area contributed by atoms with E-state index >= 15 is 0 Å². The normalized spacial score (nSPS) is 17.7. The summed E-state index contributed by atoms with van der Waals surface area (Å²) in [6.07, 6.45) is 0.972. The van der Waals surface area contributed by atoms with Gasteiger partial charge in [-0.1, -0.05) is 19.9 Å². The average molecular weight is 209 g/mol. The molecule has 4 heteroatoms. The van der Waals surface area contributed by atoms with Crippen molar-refractivity contribution in [2.75, 3.05) is 0 Å². The van der Waals surface area contributed by atoms with Crippen molar-refractivity contribution in [2.24, 2.45) is 0 Å². The number of nitrogens with zero attached hydrogens (tertiary/aromatic N) is 1. The van der Waals surface area contributed by atoms with Gasteiger partial charge >= 0.3 is 0 Å². The van der Waals surface area contributed by atoms with E-state index in [1.54, 1.807) is 6.07 Å². The Kier molecular flexibility index (Phi) is 3.80. The van der Waals surface area contributed by atoms with Gasteiger partial charge in [0.25, 0.3) is 5.69 Å². The molecule has 0 amide bonds. The Balaban J connectivity index is 0.000000531. The number of nitro benzene ring substituents is 1. The fourth-order valence-corrected chi connectivity index (χ4v) is 1.68. The van der Waals surface area contributed by atoms with Crippen molar-refractivity contribution in [1.29, 1.82) is 0 Å². The first-order valence-corrected chi connectivity index (χ1v) is 5.14. The van der Waals surface area contributed by atoms with Crippen LogP contribution in [0.5, 0.6) is 0 Å². The molecule has 1 aromatic carbocycles. The number of rotatable bonds is 1. The molecule has 0 bridgehead atoms. The van der Waals surface area contributed by atoms with Crippen LogP contribution >= 0.6 is 0 Å². The number of aliphatic hydroxyl groups is 1. The lowest BCUT2D eigenvalue weighted by atomic mass is 10.1. The Morgan fingerprint density at radius 3 is 2.73 bits per heavy atom. The molecule has 0 fully saturated rings. The molecule has 1 unspecified atom stereocenters. The minimum absolute atomic E-state index is 0.0553. The maximum Gasteiger partial charge on any atom is 0.269 e. The number of hydrogen-bond acceptors (Lipinski definition) is 3. The Morgan fingerprint density at radius 2 is 2.13 bits per heavy atom. The maximum atomic E-state index is 10.4. The molecule has 1 atom stereocenters. The van der Waals surface area contributed by atoms with E-state index in [4.69, 9.17) is 0 Å². The predicted octanol–water partition coefficient (Wildman–Crippen LogP) is 2.60. The second kappa shape index (κ2) is 4.89. The van der Waals surface area contributed by atoms with Gasteiger partial charge in [-0.2, -0.15) is 0 Å². The van der Waals surface area contributed by atoms with Gasteiger partial charge < -0.3 is 5.11 Å². The molecule has 0 aliphatic heterocycles. The third kappa shape index (κ3) is 2.33. The van der Waals surface area contributed by atoms with E-state index in [1.165, 1.54) is 12.1 Å². The molecule has 1 aliphatic carbocycles. The second-order valence-corrected chi connectivity index (χ2v) is 3.19. The van der Waals surface area contributed by atoms with Crippen LogP contribution in [0.15, 0.2) is 18.2 Å². The van der Waals surface area contributed by atoms with E-state index in [0.29, 0.717) is 12.0 Å².